The molecule has 1 fully saturated rings. The van der Waals surface area contributed by atoms with Crippen molar-refractivity contribution in [2.24, 2.45) is 0 Å². The Kier molecular flexibility index (Phi) is 5.55. The van der Waals surface area contributed by atoms with E-state index in [4.69, 9.17) is 0 Å². The minimum atomic E-state index is -4.37. The number of alkyl halides is 3. The molecule has 9 heteroatoms. The van der Waals surface area contributed by atoms with E-state index in [0.717, 1.165) is 34.9 Å². The monoisotopic (exact) mass is 372 g/mol. The summed E-state index contributed by atoms with van der Waals surface area (Å²) in [6.45, 7) is 2.33. The first-order valence-corrected chi connectivity index (χ1v) is 8.83. The first-order valence-electron chi connectivity index (χ1n) is 8.02. The lowest BCUT2D eigenvalue weighted by Gasteiger charge is -2.33. The van der Waals surface area contributed by atoms with Crippen LogP contribution in [0.5, 0.6) is 0 Å². The Hall–Kier alpha value is -1.71. The minimum Gasteiger partial charge on any atom is -0.346 e. The Morgan fingerprint density at radius 2 is 1.84 bits per heavy atom. The van der Waals surface area contributed by atoms with Gasteiger partial charge in [0, 0.05) is 26.2 Å². The summed E-state index contributed by atoms with van der Waals surface area (Å²) in [5, 5.41) is 2.96. The fourth-order valence-electron chi connectivity index (χ4n) is 2.74. The van der Waals surface area contributed by atoms with Crippen molar-refractivity contribution in [1.82, 2.24) is 20.1 Å². The number of hydrogen-bond donors (Lipinski definition) is 1. The molecule has 25 heavy (non-hydrogen) atoms. The SMILES string of the molecule is O=C(CN1CCN(Cc2nc3ccccc3s2)CC1)NCC(F)(F)F. The second-order valence-corrected chi connectivity index (χ2v) is 7.13. The van der Waals surface area contributed by atoms with Crippen molar-refractivity contribution >= 4 is 27.5 Å². The molecule has 0 aliphatic carbocycles. The van der Waals surface area contributed by atoms with E-state index in [1.807, 2.05) is 34.5 Å². The molecule has 1 amide bonds. The van der Waals surface area contributed by atoms with Gasteiger partial charge in [-0.2, -0.15) is 13.2 Å². The van der Waals surface area contributed by atoms with Crippen molar-refractivity contribution < 1.29 is 18.0 Å². The standard InChI is InChI=1S/C16H19F3N4OS/c17-16(18,19)11-20-14(24)9-22-5-7-23(8-6-22)10-15-21-12-3-1-2-4-13(12)25-15/h1-4H,5-11H2,(H,20,24). The van der Waals surface area contributed by atoms with Crippen molar-refractivity contribution in [3.05, 3.63) is 29.3 Å². The lowest BCUT2D eigenvalue weighted by atomic mass is 10.3. The molecule has 0 bridgehead atoms. The van der Waals surface area contributed by atoms with Gasteiger partial charge < -0.3 is 5.32 Å². The molecule has 1 aromatic carbocycles. The van der Waals surface area contributed by atoms with Gasteiger partial charge in [-0.3, -0.25) is 14.6 Å². The highest BCUT2D eigenvalue weighted by atomic mass is 32.1. The number of carbonyl (C=O) groups is 1. The summed E-state index contributed by atoms with van der Waals surface area (Å²) >= 11 is 1.67. The zero-order chi connectivity index (χ0) is 17.9. The summed E-state index contributed by atoms with van der Waals surface area (Å²) in [6.07, 6.45) is -4.37. The lowest BCUT2D eigenvalue weighted by molar-refractivity contribution is -0.139. The molecule has 0 unspecified atom stereocenters. The fourth-order valence-corrected chi connectivity index (χ4v) is 3.75. The maximum absolute atomic E-state index is 12.1. The maximum Gasteiger partial charge on any atom is 0.405 e. The Balaban J connectivity index is 1.43. The van der Waals surface area contributed by atoms with E-state index in [1.54, 1.807) is 11.3 Å². The van der Waals surface area contributed by atoms with Gasteiger partial charge in [0.2, 0.25) is 5.91 Å². The van der Waals surface area contributed by atoms with Crippen LogP contribution in [0.1, 0.15) is 5.01 Å². The van der Waals surface area contributed by atoms with Crippen LogP contribution in [0.2, 0.25) is 0 Å². The van der Waals surface area contributed by atoms with Crippen LogP contribution in [0.25, 0.3) is 10.2 Å². The zero-order valence-corrected chi connectivity index (χ0v) is 14.4. The Labute approximate surface area is 147 Å². The largest absolute Gasteiger partial charge is 0.405 e. The molecule has 0 radical (unpaired) electrons. The van der Waals surface area contributed by atoms with Gasteiger partial charge in [0.25, 0.3) is 0 Å². The molecular formula is C16H19F3N4OS. The molecule has 1 N–H and O–H groups in total. The van der Waals surface area contributed by atoms with Crippen LogP contribution in [0.4, 0.5) is 13.2 Å². The average Bonchev–Trinajstić information content (AvgIpc) is 2.96. The van der Waals surface area contributed by atoms with Crippen molar-refractivity contribution in [1.29, 1.82) is 0 Å². The Morgan fingerprint density at radius 1 is 1.16 bits per heavy atom. The van der Waals surface area contributed by atoms with Crippen LogP contribution < -0.4 is 5.32 Å². The number of fused-ring (bicyclic) bond motifs is 1. The van der Waals surface area contributed by atoms with Gasteiger partial charge in [-0.1, -0.05) is 12.1 Å². The van der Waals surface area contributed by atoms with Crippen LogP contribution >= 0.6 is 11.3 Å². The quantitative estimate of drug-likeness (QED) is 0.873. The van der Waals surface area contributed by atoms with Crippen LogP contribution in [0.3, 0.4) is 0 Å². The van der Waals surface area contributed by atoms with Gasteiger partial charge in [-0.15, -0.1) is 11.3 Å². The van der Waals surface area contributed by atoms with Crippen molar-refractivity contribution in [2.45, 2.75) is 12.7 Å². The van der Waals surface area contributed by atoms with E-state index in [2.05, 4.69) is 9.88 Å². The summed E-state index contributed by atoms with van der Waals surface area (Å²) in [7, 11) is 0. The number of carbonyl (C=O) groups excluding carboxylic acids is 1. The predicted molar refractivity (Wildman–Crippen MR) is 90.4 cm³/mol. The number of nitrogens with zero attached hydrogens (tertiary/aromatic N) is 3. The number of thiazole rings is 1. The minimum absolute atomic E-state index is 0.00502. The number of halogens is 3. The average molecular weight is 372 g/mol. The molecule has 1 saturated heterocycles. The smallest absolute Gasteiger partial charge is 0.346 e. The number of para-hydroxylation sites is 1. The third kappa shape index (κ3) is 5.38. The number of nitrogens with one attached hydrogen (secondary N) is 1. The maximum atomic E-state index is 12.1. The Bertz CT molecular complexity index is 692. The van der Waals surface area contributed by atoms with Gasteiger partial charge in [0.05, 0.1) is 23.3 Å². The van der Waals surface area contributed by atoms with Crippen molar-refractivity contribution in [3.63, 3.8) is 0 Å². The molecule has 136 valence electrons. The van der Waals surface area contributed by atoms with E-state index >= 15 is 0 Å². The fraction of sp³-hybridized carbons (Fsp3) is 0.500. The van der Waals surface area contributed by atoms with E-state index in [0.29, 0.717) is 13.1 Å². The molecule has 0 saturated carbocycles. The highest BCUT2D eigenvalue weighted by Crippen LogP contribution is 2.23. The second kappa shape index (κ2) is 7.67. The molecule has 3 rings (SSSR count). The van der Waals surface area contributed by atoms with Gasteiger partial charge in [0.15, 0.2) is 0 Å². The van der Waals surface area contributed by atoms with Crippen molar-refractivity contribution in [2.75, 3.05) is 39.3 Å². The number of amides is 1. The van der Waals surface area contributed by atoms with Gasteiger partial charge in [-0.25, -0.2) is 4.98 Å². The second-order valence-electron chi connectivity index (χ2n) is 6.02. The number of hydrogen-bond acceptors (Lipinski definition) is 5. The summed E-state index contributed by atoms with van der Waals surface area (Å²) in [4.78, 5) is 20.3. The first-order chi connectivity index (χ1) is 11.9. The molecule has 1 aliphatic heterocycles. The molecule has 0 spiro atoms. The zero-order valence-electron chi connectivity index (χ0n) is 13.6. The molecule has 1 aromatic heterocycles. The van der Waals surface area contributed by atoms with Crippen molar-refractivity contribution in [3.8, 4) is 0 Å². The molecule has 2 aromatic rings. The number of benzene rings is 1. The summed E-state index contributed by atoms with van der Waals surface area (Å²) in [5.74, 6) is -0.586. The number of rotatable bonds is 5. The summed E-state index contributed by atoms with van der Waals surface area (Å²) in [5.41, 5.74) is 1.00. The third-order valence-corrected chi connectivity index (χ3v) is 5.04. The van der Waals surface area contributed by atoms with Crippen LogP contribution in [0, 0.1) is 0 Å². The molecule has 0 atom stereocenters. The van der Waals surface area contributed by atoms with Crippen LogP contribution in [-0.2, 0) is 11.3 Å². The van der Waals surface area contributed by atoms with Gasteiger partial charge in [-0.05, 0) is 12.1 Å². The first kappa shape index (κ1) is 18.1. The number of aromatic nitrogens is 1. The topological polar surface area (TPSA) is 48.5 Å². The van der Waals surface area contributed by atoms with Gasteiger partial charge in [0.1, 0.15) is 11.6 Å². The third-order valence-electron chi connectivity index (χ3n) is 4.02. The normalized spacial score (nSPS) is 17.1. The highest BCUT2D eigenvalue weighted by Gasteiger charge is 2.28. The van der Waals surface area contributed by atoms with Crippen LogP contribution in [0.15, 0.2) is 24.3 Å². The van der Waals surface area contributed by atoms with E-state index in [1.165, 1.54) is 0 Å². The Morgan fingerprint density at radius 3 is 2.52 bits per heavy atom. The lowest BCUT2D eigenvalue weighted by Crippen LogP contribution is -2.49. The predicted octanol–water partition coefficient (Wildman–Crippen LogP) is 2.09. The van der Waals surface area contributed by atoms with Crippen LogP contribution in [-0.4, -0.2) is 66.1 Å². The van der Waals surface area contributed by atoms with E-state index in [9.17, 15) is 18.0 Å². The van der Waals surface area contributed by atoms with E-state index < -0.39 is 18.6 Å². The molecule has 2 heterocycles. The van der Waals surface area contributed by atoms with E-state index in [-0.39, 0.29) is 6.54 Å². The molecular weight excluding hydrogens is 353 g/mol. The number of piperazine rings is 1. The molecule has 1 aliphatic rings. The summed E-state index contributed by atoms with van der Waals surface area (Å²) < 4.78 is 37.4. The molecule has 5 nitrogen and oxygen atoms in total. The summed E-state index contributed by atoms with van der Waals surface area (Å²) in [6, 6.07) is 8.00. The highest BCUT2D eigenvalue weighted by molar-refractivity contribution is 7.18. The van der Waals surface area contributed by atoms with Gasteiger partial charge >= 0.3 is 6.18 Å².